The molecule has 76 valence electrons. The lowest BCUT2D eigenvalue weighted by atomic mass is 10.0. The first kappa shape index (κ1) is 10.1. The molecule has 1 aromatic carbocycles. The third-order valence-electron chi connectivity index (χ3n) is 2.54. The van der Waals surface area contributed by atoms with Crippen molar-refractivity contribution in [2.45, 2.75) is 18.9 Å². The molecular formula is C10H10BrF2N. The molecule has 0 spiro atoms. The van der Waals surface area contributed by atoms with Crippen LogP contribution in [-0.2, 0) is 0 Å². The molecule has 0 amide bonds. The maximum Gasteiger partial charge on any atom is 0.145 e. The number of rotatable bonds is 2. The Morgan fingerprint density at radius 2 is 2.00 bits per heavy atom. The fourth-order valence-electron chi connectivity index (χ4n) is 1.54. The first-order valence-electron chi connectivity index (χ1n) is 4.50. The fraction of sp³-hybridized carbons (Fsp3) is 0.400. The van der Waals surface area contributed by atoms with Gasteiger partial charge in [-0.3, -0.25) is 0 Å². The highest BCUT2D eigenvalue weighted by atomic mass is 79.9. The van der Waals surface area contributed by atoms with Crippen LogP contribution in [-0.4, -0.2) is 0 Å². The van der Waals surface area contributed by atoms with E-state index in [0.717, 1.165) is 12.8 Å². The van der Waals surface area contributed by atoms with Gasteiger partial charge in [0.2, 0.25) is 0 Å². The molecule has 1 saturated carbocycles. The van der Waals surface area contributed by atoms with E-state index >= 15 is 0 Å². The van der Waals surface area contributed by atoms with Crippen LogP contribution in [0, 0.1) is 17.6 Å². The first-order chi connectivity index (χ1) is 6.61. The Morgan fingerprint density at radius 1 is 1.36 bits per heavy atom. The molecule has 14 heavy (non-hydrogen) atoms. The lowest BCUT2D eigenvalue weighted by Crippen LogP contribution is -2.16. The zero-order valence-electron chi connectivity index (χ0n) is 7.43. The average molecular weight is 262 g/mol. The van der Waals surface area contributed by atoms with E-state index in [1.165, 1.54) is 12.1 Å². The summed E-state index contributed by atoms with van der Waals surface area (Å²) < 4.78 is 27.1. The summed E-state index contributed by atoms with van der Waals surface area (Å²) >= 11 is 3.02. The van der Waals surface area contributed by atoms with Gasteiger partial charge in [-0.2, -0.15) is 0 Å². The number of halogens is 3. The van der Waals surface area contributed by atoms with Gasteiger partial charge in [-0.05, 0) is 46.8 Å². The topological polar surface area (TPSA) is 26.0 Å². The Morgan fingerprint density at radius 3 is 2.57 bits per heavy atom. The minimum Gasteiger partial charge on any atom is -0.324 e. The Labute approximate surface area is 89.4 Å². The Balaban J connectivity index is 2.43. The van der Waals surface area contributed by atoms with E-state index in [1.54, 1.807) is 0 Å². The number of nitrogens with two attached hydrogens (primary N) is 1. The van der Waals surface area contributed by atoms with Crippen LogP contribution in [0.5, 0.6) is 0 Å². The van der Waals surface area contributed by atoms with Crippen LogP contribution in [0.1, 0.15) is 24.4 Å². The number of hydrogen-bond acceptors (Lipinski definition) is 1. The quantitative estimate of drug-likeness (QED) is 0.814. The summed E-state index contributed by atoms with van der Waals surface area (Å²) in [4.78, 5) is 0. The van der Waals surface area contributed by atoms with Crippen LogP contribution < -0.4 is 5.73 Å². The SMILES string of the molecule is N[C@@H](c1c(F)ccc(Br)c1F)C1CC1. The van der Waals surface area contributed by atoms with Crippen molar-refractivity contribution in [2.75, 3.05) is 0 Å². The van der Waals surface area contributed by atoms with Gasteiger partial charge in [-0.15, -0.1) is 0 Å². The van der Waals surface area contributed by atoms with Crippen LogP contribution in [0.4, 0.5) is 8.78 Å². The largest absolute Gasteiger partial charge is 0.324 e. The highest BCUT2D eigenvalue weighted by molar-refractivity contribution is 9.10. The summed E-state index contributed by atoms with van der Waals surface area (Å²) in [6.45, 7) is 0. The Kier molecular flexibility index (Phi) is 2.58. The van der Waals surface area contributed by atoms with E-state index < -0.39 is 17.7 Å². The van der Waals surface area contributed by atoms with E-state index in [2.05, 4.69) is 15.9 Å². The molecule has 1 aliphatic rings. The predicted octanol–water partition coefficient (Wildman–Crippen LogP) is 3.14. The average Bonchev–Trinajstić information content (AvgIpc) is 2.95. The second kappa shape index (κ2) is 3.59. The van der Waals surface area contributed by atoms with Crippen molar-refractivity contribution in [3.63, 3.8) is 0 Å². The number of hydrogen-bond donors (Lipinski definition) is 1. The summed E-state index contributed by atoms with van der Waals surface area (Å²) in [6, 6.07) is 2.09. The molecule has 0 bridgehead atoms. The molecule has 4 heteroatoms. The summed E-state index contributed by atoms with van der Waals surface area (Å²) in [6.07, 6.45) is 1.93. The zero-order valence-corrected chi connectivity index (χ0v) is 9.02. The van der Waals surface area contributed by atoms with Crippen molar-refractivity contribution >= 4 is 15.9 Å². The van der Waals surface area contributed by atoms with Crippen molar-refractivity contribution < 1.29 is 8.78 Å². The molecule has 0 heterocycles. The van der Waals surface area contributed by atoms with Gasteiger partial charge in [-0.1, -0.05) is 0 Å². The normalized spacial score (nSPS) is 18.3. The van der Waals surface area contributed by atoms with Crippen molar-refractivity contribution in [2.24, 2.45) is 11.7 Å². The van der Waals surface area contributed by atoms with E-state index in [1.807, 2.05) is 0 Å². The molecule has 0 unspecified atom stereocenters. The molecular weight excluding hydrogens is 252 g/mol. The Bertz CT molecular complexity index is 363. The summed E-state index contributed by atoms with van der Waals surface area (Å²) in [5.74, 6) is -0.872. The van der Waals surface area contributed by atoms with Gasteiger partial charge in [0, 0.05) is 11.6 Å². The second-order valence-corrected chi connectivity index (χ2v) is 4.47. The summed E-state index contributed by atoms with van der Waals surface area (Å²) in [5, 5.41) is 0. The highest BCUT2D eigenvalue weighted by Gasteiger charge is 2.33. The minimum absolute atomic E-state index is 0.0156. The van der Waals surface area contributed by atoms with Crippen LogP contribution in [0.15, 0.2) is 16.6 Å². The van der Waals surface area contributed by atoms with Crippen molar-refractivity contribution in [1.29, 1.82) is 0 Å². The lowest BCUT2D eigenvalue weighted by Gasteiger charge is -2.13. The molecule has 0 aliphatic heterocycles. The zero-order chi connectivity index (χ0) is 10.3. The van der Waals surface area contributed by atoms with Crippen LogP contribution in [0.2, 0.25) is 0 Å². The second-order valence-electron chi connectivity index (χ2n) is 3.62. The van der Waals surface area contributed by atoms with Crippen molar-refractivity contribution in [1.82, 2.24) is 0 Å². The highest BCUT2D eigenvalue weighted by Crippen LogP contribution is 2.41. The third kappa shape index (κ3) is 1.68. The monoisotopic (exact) mass is 261 g/mol. The Hall–Kier alpha value is -0.480. The minimum atomic E-state index is -0.565. The van der Waals surface area contributed by atoms with Crippen molar-refractivity contribution in [3.05, 3.63) is 33.8 Å². The van der Waals surface area contributed by atoms with Crippen molar-refractivity contribution in [3.8, 4) is 0 Å². The molecule has 2 N–H and O–H groups in total. The maximum atomic E-state index is 13.5. The standard InChI is InChI=1S/C10H10BrF2N/c11-6-3-4-7(12)8(9(6)13)10(14)5-1-2-5/h3-5,10H,1-2,14H2/t10-/m1/s1. The summed E-state index contributed by atoms with van der Waals surface area (Å²) in [7, 11) is 0. The molecule has 0 saturated heterocycles. The van der Waals surface area contributed by atoms with E-state index in [-0.39, 0.29) is 16.0 Å². The predicted molar refractivity (Wildman–Crippen MR) is 53.7 cm³/mol. The molecule has 2 rings (SSSR count). The molecule has 1 atom stereocenters. The van der Waals surface area contributed by atoms with Crippen LogP contribution in [0.25, 0.3) is 0 Å². The van der Waals surface area contributed by atoms with Gasteiger partial charge < -0.3 is 5.73 Å². The summed E-state index contributed by atoms with van der Waals surface area (Å²) in [5.41, 5.74) is 5.79. The molecule has 1 aliphatic carbocycles. The molecule has 1 aromatic rings. The first-order valence-corrected chi connectivity index (χ1v) is 5.29. The molecule has 1 nitrogen and oxygen atoms in total. The third-order valence-corrected chi connectivity index (χ3v) is 3.16. The van der Waals surface area contributed by atoms with Gasteiger partial charge in [-0.25, -0.2) is 8.78 Å². The van der Waals surface area contributed by atoms with Crippen LogP contribution >= 0.6 is 15.9 Å². The fourth-order valence-corrected chi connectivity index (χ4v) is 1.89. The van der Waals surface area contributed by atoms with Gasteiger partial charge in [0.25, 0.3) is 0 Å². The van der Waals surface area contributed by atoms with E-state index in [0.29, 0.717) is 0 Å². The lowest BCUT2D eigenvalue weighted by molar-refractivity contribution is 0.500. The van der Waals surface area contributed by atoms with E-state index in [9.17, 15) is 8.78 Å². The molecule has 0 radical (unpaired) electrons. The van der Waals surface area contributed by atoms with Gasteiger partial charge in [0.05, 0.1) is 4.47 Å². The van der Waals surface area contributed by atoms with Gasteiger partial charge >= 0.3 is 0 Å². The number of benzene rings is 1. The molecule has 1 fully saturated rings. The smallest absolute Gasteiger partial charge is 0.145 e. The maximum absolute atomic E-state index is 13.5. The van der Waals surface area contributed by atoms with Gasteiger partial charge in [0.15, 0.2) is 0 Å². The van der Waals surface area contributed by atoms with E-state index in [4.69, 9.17) is 5.73 Å². The van der Waals surface area contributed by atoms with Gasteiger partial charge in [0.1, 0.15) is 11.6 Å². The van der Waals surface area contributed by atoms with Crippen LogP contribution in [0.3, 0.4) is 0 Å². The molecule has 0 aromatic heterocycles.